The SMILES string of the molecule is C[C]1[CH][C](C)[CH][C](C)[CH]1.F[B-](F)(F)F.[CH]1[CH]CC[CH][CH]CC1.[Ir]. The van der Waals surface area contributed by atoms with Gasteiger partial charge in [0.15, 0.2) is 0 Å². The van der Waals surface area contributed by atoms with Crippen molar-refractivity contribution in [1.82, 2.24) is 0 Å². The van der Waals surface area contributed by atoms with E-state index in [1.165, 1.54) is 43.4 Å². The van der Waals surface area contributed by atoms with Crippen LogP contribution < -0.4 is 0 Å². The molecule has 2 aliphatic carbocycles. The Kier molecular flexibility index (Phi) is 16.5. The average Bonchev–Trinajstić information content (AvgIpc) is 2.23. The van der Waals surface area contributed by atoms with E-state index in [1.807, 2.05) is 0 Å². The summed E-state index contributed by atoms with van der Waals surface area (Å²) < 4.78 is 39.0. The maximum Gasteiger partial charge on any atom is 0.673 e. The van der Waals surface area contributed by atoms with Crippen LogP contribution in [0, 0.1) is 62.7 Å². The summed E-state index contributed by atoms with van der Waals surface area (Å²) in [5.74, 6) is 4.06. The van der Waals surface area contributed by atoms with Gasteiger partial charge >= 0.3 is 7.25 Å². The Morgan fingerprint density at radius 3 is 0.957 bits per heavy atom. The second kappa shape index (κ2) is 14.8. The molecule has 0 aromatic heterocycles. The van der Waals surface area contributed by atoms with Crippen LogP contribution in [-0.4, -0.2) is 7.25 Å². The van der Waals surface area contributed by atoms with Crippen LogP contribution >= 0.6 is 0 Å². The normalized spacial score (nSPS) is 21.5. The fraction of sp³-hybridized carbons (Fsp3) is 0.412. The molecular formula is C17H24BF4Ir-. The molecule has 2 fully saturated rings. The molecule has 0 atom stereocenters. The van der Waals surface area contributed by atoms with Gasteiger partial charge in [0.05, 0.1) is 0 Å². The summed E-state index contributed by atoms with van der Waals surface area (Å²) in [5, 5.41) is 0. The molecule has 133 valence electrons. The van der Waals surface area contributed by atoms with Crippen molar-refractivity contribution in [2.45, 2.75) is 46.5 Å². The van der Waals surface area contributed by atoms with Crippen molar-refractivity contribution in [3.63, 3.8) is 0 Å². The summed E-state index contributed by atoms with van der Waals surface area (Å²) in [7, 11) is -6.00. The third-order valence-corrected chi connectivity index (χ3v) is 2.70. The van der Waals surface area contributed by atoms with Crippen molar-refractivity contribution in [3.8, 4) is 0 Å². The van der Waals surface area contributed by atoms with E-state index in [0.717, 1.165) is 0 Å². The summed E-state index contributed by atoms with van der Waals surface area (Å²) >= 11 is 0. The van der Waals surface area contributed by atoms with Gasteiger partial charge in [0.1, 0.15) is 0 Å². The van der Waals surface area contributed by atoms with Crippen LogP contribution in [0.3, 0.4) is 0 Å². The van der Waals surface area contributed by atoms with E-state index >= 15 is 0 Å². The van der Waals surface area contributed by atoms with E-state index in [2.05, 4.69) is 65.7 Å². The number of hydrogen-bond acceptors (Lipinski definition) is 0. The average molecular weight is 507 g/mol. The minimum Gasteiger partial charge on any atom is -0.418 e. The van der Waals surface area contributed by atoms with Gasteiger partial charge in [-0.2, -0.15) is 0 Å². The van der Waals surface area contributed by atoms with Gasteiger partial charge in [0.2, 0.25) is 0 Å². The van der Waals surface area contributed by atoms with Crippen molar-refractivity contribution in [2.24, 2.45) is 0 Å². The molecule has 0 saturated heterocycles. The van der Waals surface area contributed by atoms with E-state index in [1.54, 1.807) is 0 Å². The molecule has 2 saturated carbocycles. The molecule has 23 heavy (non-hydrogen) atoms. The summed E-state index contributed by atoms with van der Waals surface area (Å²) in [4.78, 5) is 0. The monoisotopic (exact) mass is 508 g/mol. The predicted octanol–water partition coefficient (Wildman–Crippen LogP) is 6.07. The Bertz CT molecular complexity index is 206. The summed E-state index contributed by atoms with van der Waals surface area (Å²) in [6.45, 7) is 6.38. The summed E-state index contributed by atoms with van der Waals surface area (Å²) in [6.07, 6.45) is 20.6. The Morgan fingerprint density at radius 1 is 0.609 bits per heavy atom. The molecule has 0 heterocycles. The first-order valence-electron chi connectivity index (χ1n) is 7.40. The smallest absolute Gasteiger partial charge is 0.418 e. The molecule has 0 N–H and O–H groups in total. The number of hydrogen-bond donors (Lipinski definition) is 0. The number of rotatable bonds is 0. The van der Waals surface area contributed by atoms with Crippen LogP contribution in [0.5, 0.6) is 0 Å². The fourth-order valence-electron chi connectivity index (χ4n) is 2.06. The van der Waals surface area contributed by atoms with E-state index in [0.29, 0.717) is 0 Å². The van der Waals surface area contributed by atoms with E-state index < -0.39 is 7.25 Å². The molecule has 0 bridgehead atoms. The zero-order valence-electron chi connectivity index (χ0n) is 13.8. The van der Waals surface area contributed by atoms with E-state index in [-0.39, 0.29) is 20.1 Å². The molecule has 0 aromatic rings. The van der Waals surface area contributed by atoms with Crippen LogP contribution in [-0.2, 0) is 20.1 Å². The Hall–Kier alpha value is 0.434. The van der Waals surface area contributed by atoms with E-state index in [9.17, 15) is 17.3 Å². The van der Waals surface area contributed by atoms with Gasteiger partial charge in [-0.1, -0.05) is 20.8 Å². The van der Waals surface area contributed by atoms with Gasteiger partial charge < -0.3 is 17.3 Å². The first kappa shape index (κ1) is 25.7. The molecular weight excluding hydrogens is 483 g/mol. The van der Waals surface area contributed by atoms with Crippen LogP contribution in [0.2, 0.25) is 0 Å². The number of halogens is 4. The largest absolute Gasteiger partial charge is 0.673 e. The molecule has 2 aliphatic rings. The van der Waals surface area contributed by atoms with Crippen LogP contribution in [0.25, 0.3) is 0 Å². The van der Waals surface area contributed by atoms with E-state index in [4.69, 9.17) is 0 Å². The zero-order valence-corrected chi connectivity index (χ0v) is 16.2. The summed E-state index contributed by atoms with van der Waals surface area (Å²) in [5.41, 5.74) is 0. The Labute approximate surface area is 154 Å². The topological polar surface area (TPSA) is 0 Å². The second-order valence-corrected chi connectivity index (χ2v) is 5.26. The standard InChI is InChI=1S/C9H12.C8H12.BF4.Ir/c1-7-4-8(2)6-9(3)5-7;1-2-4-6-8-7-5-3-1;2-1(3,4)5;/h4-6H,1-3H3;1-2,7-8H,3-6H2;;/q;;-1;. The van der Waals surface area contributed by atoms with Gasteiger partial charge in [-0.25, -0.2) is 0 Å². The molecule has 0 aliphatic heterocycles. The first-order valence-corrected chi connectivity index (χ1v) is 7.40. The van der Waals surface area contributed by atoms with Gasteiger partial charge in [0, 0.05) is 20.1 Å². The van der Waals surface area contributed by atoms with Gasteiger partial charge in [-0.05, 0) is 88.4 Å². The maximum atomic E-state index is 9.75. The van der Waals surface area contributed by atoms with Crippen LogP contribution in [0.15, 0.2) is 0 Å². The molecule has 0 nitrogen and oxygen atoms in total. The molecule has 6 heteroatoms. The minimum atomic E-state index is -6.00. The second-order valence-electron chi connectivity index (χ2n) is 5.26. The molecule has 0 aromatic carbocycles. The quantitative estimate of drug-likeness (QED) is 0.276. The van der Waals surface area contributed by atoms with Crippen LogP contribution in [0.4, 0.5) is 17.3 Å². The van der Waals surface area contributed by atoms with Crippen molar-refractivity contribution in [1.29, 1.82) is 0 Å². The molecule has 0 amide bonds. The zero-order chi connectivity index (χ0) is 17.0. The van der Waals surface area contributed by atoms with Gasteiger partial charge in [-0.3, -0.25) is 0 Å². The predicted molar refractivity (Wildman–Crippen MR) is 85.5 cm³/mol. The van der Waals surface area contributed by atoms with Gasteiger partial charge in [0.25, 0.3) is 0 Å². The maximum absolute atomic E-state index is 9.75. The third-order valence-electron chi connectivity index (χ3n) is 2.70. The Balaban J connectivity index is 0. The van der Waals surface area contributed by atoms with Crippen molar-refractivity contribution >= 4 is 7.25 Å². The van der Waals surface area contributed by atoms with Crippen LogP contribution in [0.1, 0.15) is 46.5 Å². The third kappa shape index (κ3) is 22.4. The molecule has 0 spiro atoms. The molecule has 11 radical (unpaired) electrons. The minimum absolute atomic E-state index is 0. The first-order chi connectivity index (χ1) is 10.2. The van der Waals surface area contributed by atoms with Crippen molar-refractivity contribution in [2.75, 3.05) is 0 Å². The Morgan fingerprint density at radius 2 is 0.783 bits per heavy atom. The van der Waals surface area contributed by atoms with Crippen molar-refractivity contribution < 1.29 is 37.4 Å². The van der Waals surface area contributed by atoms with Crippen molar-refractivity contribution in [3.05, 3.63) is 62.7 Å². The van der Waals surface area contributed by atoms with Gasteiger partial charge in [-0.15, -0.1) is 0 Å². The summed E-state index contributed by atoms with van der Waals surface area (Å²) in [6, 6.07) is 0. The molecule has 2 rings (SSSR count). The fourth-order valence-corrected chi connectivity index (χ4v) is 2.06. The molecule has 0 unspecified atom stereocenters.